The van der Waals surface area contributed by atoms with Crippen molar-refractivity contribution >= 4 is 28.4 Å². The summed E-state index contributed by atoms with van der Waals surface area (Å²) >= 11 is 2.35. The maximum atomic E-state index is 6.21. The third kappa shape index (κ3) is 3.13. The first kappa shape index (κ1) is 14.0. The molecule has 1 aromatic rings. The Morgan fingerprint density at radius 3 is 3.06 bits per heavy atom. The number of aromatic nitrogens is 1. The zero-order valence-corrected chi connectivity index (χ0v) is 12.9. The molecular formula is C13H20IN3O. The molecule has 1 atom stereocenters. The van der Waals surface area contributed by atoms with E-state index >= 15 is 0 Å². The minimum Gasteiger partial charge on any atom is -0.357 e. The Balaban J connectivity index is 2.22. The maximum absolute atomic E-state index is 6.21. The van der Waals surface area contributed by atoms with Crippen molar-refractivity contribution in [3.8, 4) is 0 Å². The fourth-order valence-electron chi connectivity index (χ4n) is 2.24. The molecule has 4 nitrogen and oxygen atoms in total. The number of ether oxygens (including phenoxy) is 1. The molecule has 0 spiro atoms. The topological polar surface area (TPSA) is 51.4 Å². The normalized spacial score (nSPS) is 19.8. The fourth-order valence-corrected chi connectivity index (χ4v) is 2.91. The standard InChI is InChI=1S/C13H20IN3O/c1-2-5-10-11(14)7-8-16-13(10)17(15)12-6-3-4-9-18-12/h7-8,12H,2-6,9,15H2,1H3. The van der Waals surface area contributed by atoms with Crippen LogP contribution in [-0.4, -0.2) is 17.8 Å². The van der Waals surface area contributed by atoms with Gasteiger partial charge in [-0.1, -0.05) is 13.3 Å². The number of nitrogens with two attached hydrogens (primary N) is 1. The first-order chi connectivity index (χ1) is 8.74. The quantitative estimate of drug-likeness (QED) is 0.509. The molecule has 0 radical (unpaired) electrons. The minimum atomic E-state index is -0.0277. The van der Waals surface area contributed by atoms with E-state index in [4.69, 9.17) is 10.6 Å². The highest BCUT2D eigenvalue weighted by atomic mass is 127. The van der Waals surface area contributed by atoms with Crippen LogP contribution in [0.1, 0.15) is 38.2 Å². The van der Waals surface area contributed by atoms with Gasteiger partial charge in [-0.25, -0.2) is 10.8 Å². The van der Waals surface area contributed by atoms with Gasteiger partial charge in [0, 0.05) is 21.9 Å². The molecular weight excluding hydrogens is 341 g/mol. The van der Waals surface area contributed by atoms with E-state index in [1.165, 1.54) is 15.6 Å². The van der Waals surface area contributed by atoms with E-state index in [-0.39, 0.29) is 6.23 Å². The maximum Gasteiger partial charge on any atom is 0.149 e. The molecule has 0 saturated carbocycles. The third-order valence-corrected chi connectivity index (χ3v) is 4.20. The Hall–Kier alpha value is -0.400. The van der Waals surface area contributed by atoms with Gasteiger partial charge in [0.1, 0.15) is 12.0 Å². The van der Waals surface area contributed by atoms with Crippen molar-refractivity contribution in [3.05, 3.63) is 21.4 Å². The lowest BCUT2D eigenvalue weighted by Crippen LogP contribution is -2.45. The summed E-state index contributed by atoms with van der Waals surface area (Å²) in [6.45, 7) is 2.97. The van der Waals surface area contributed by atoms with Gasteiger partial charge in [-0.3, -0.25) is 5.01 Å². The lowest BCUT2D eigenvalue weighted by atomic mass is 10.1. The van der Waals surface area contributed by atoms with E-state index in [9.17, 15) is 0 Å². The van der Waals surface area contributed by atoms with Gasteiger partial charge in [-0.05, 0) is 54.3 Å². The molecule has 0 bridgehead atoms. The summed E-state index contributed by atoms with van der Waals surface area (Å²) in [5.74, 6) is 7.08. The molecule has 1 aromatic heterocycles. The second-order valence-corrected chi connectivity index (χ2v) is 5.74. The van der Waals surface area contributed by atoms with Crippen molar-refractivity contribution in [2.24, 2.45) is 5.84 Å². The van der Waals surface area contributed by atoms with E-state index in [2.05, 4.69) is 34.5 Å². The monoisotopic (exact) mass is 361 g/mol. The van der Waals surface area contributed by atoms with Crippen molar-refractivity contribution in [1.82, 2.24) is 4.98 Å². The van der Waals surface area contributed by atoms with Gasteiger partial charge in [-0.2, -0.15) is 0 Å². The summed E-state index contributed by atoms with van der Waals surface area (Å²) in [5, 5.41) is 1.71. The lowest BCUT2D eigenvalue weighted by molar-refractivity contribution is 0.0136. The lowest BCUT2D eigenvalue weighted by Gasteiger charge is -2.32. The van der Waals surface area contributed by atoms with E-state index in [1.807, 2.05) is 12.3 Å². The number of nitrogens with zero attached hydrogens (tertiary/aromatic N) is 2. The molecule has 100 valence electrons. The summed E-state index contributed by atoms with van der Waals surface area (Å²) in [6, 6.07) is 2.03. The molecule has 0 amide bonds. The van der Waals surface area contributed by atoms with E-state index < -0.39 is 0 Å². The van der Waals surface area contributed by atoms with Gasteiger partial charge >= 0.3 is 0 Å². The third-order valence-electron chi connectivity index (χ3n) is 3.19. The first-order valence-corrected chi connectivity index (χ1v) is 7.60. The minimum absolute atomic E-state index is 0.0277. The molecule has 1 unspecified atom stereocenters. The van der Waals surface area contributed by atoms with Crippen molar-refractivity contribution in [3.63, 3.8) is 0 Å². The molecule has 0 aliphatic carbocycles. The number of pyridine rings is 1. The predicted molar refractivity (Wildman–Crippen MR) is 81.2 cm³/mol. The highest BCUT2D eigenvalue weighted by Gasteiger charge is 2.23. The van der Waals surface area contributed by atoms with Gasteiger partial charge < -0.3 is 4.74 Å². The number of halogens is 1. The van der Waals surface area contributed by atoms with Crippen LogP contribution in [-0.2, 0) is 11.2 Å². The molecule has 2 rings (SSSR count). The van der Waals surface area contributed by atoms with Crippen LogP contribution in [0.3, 0.4) is 0 Å². The van der Waals surface area contributed by atoms with E-state index in [0.29, 0.717) is 0 Å². The molecule has 2 N–H and O–H groups in total. The molecule has 2 heterocycles. The van der Waals surface area contributed by atoms with Gasteiger partial charge in [0.2, 0.25) is 0 Å². The van der Waals surface area contributed by atoms with Crippen molar-refractivity contribution < 1.29 is 4.74 Å². The van der Waals surface area contributed by atoms with Crippen molar-refractivity contribution in [1.29, 1.82) is 0 Å². The second-order valence-electron chi connectivity index (χ2n) is 4.57. The molecule has 1 aliphatic heterocycles. The zero-order valence-electron chi connectivity index (χ0n) is 10.7. The van der Waals surface area contributed by atoms with Crippen LogP contribution in [0.25, 0.3) is 0 Å². The Morgan fingerprint density at radius 2 is 2.39 bits per heavy atom. The van der Waals surface area contributed by atoms with Crippen LogP contribution < -0.4 is 10.9 Å². The Kier molecular flexibility index (Phi) is 5.20. The smallest absolute Gasteiger partial charge is 0.149 e. The Bertz CT molecular complexity index is 394. The van der Waals surface area contributed by atoms with Gasteiger partial charge in [-0.15, -0.1) is 0 Å². The van der Waals surface area contributed by atoms with Gasteiger partial charge in [0.15, 0.2) is 0 Å². The van der Waals surface area contributed by atoms with Crippen LogP contribution in [0.5, 0.6) is 0 Å². The molecule has 0 aromatic carbocycles. The van der Waals surface area contributed by atoms with Crippen LogP contribution in [0.15, 0.2) is 12.3 Å². The average Bonchev–Trinajstić information content (AvgIpc) is 2.41. The molecule has 1 fully saturated rings. The van der Waals surface area contributed by atoms with Crippen LogP contribution in [0.2, 0.25) is 0 Å². The summed E-state index contributed by atoms with van der Waals surface area (Å²) in [7, 11) is 0. The average molecular weight is 361 g/mol. The molecule has 1 aliphatic rings. The first-order valence-electron chi connectivity index (χ1n) is 6.53. The summed E-state index contributed by atoms with van der Waals surface area (Å²) < 4.78 is 6.95. The van der Waals surface area contributed by atoms with Crippen molar-refractivity contribution in [2.45, 2.75) is 45.3 Å². The summed E-state index contributed by atoms with van der Waals surface area (Å²) in [5.41, 5.74) is 1.23. The number of rotatable bonds is 4. The highest BCUT2D eigenvalue weighted by Crippen LogP contribution is 2.26. The summed E-state index contributed by atoms with van der Waals surface area (Å²) in [4.78, 5) is 4.45. The highest BCUT2D eigenvalue weighted by molar-refractivity contribution is 14.1. The Labute approximate surface area is 122 Å². The van der Waals surface area contributed by atoms with Crippen molar-refractivity contribution in [2.75, 3.05) is 11.6 Å². The van der Waals surface area contributed by atoms with Crippen LogP contribution >= 0.6 is 22.6 Å². The largest absolute Gasteiger partial charge is 0.357 e. The summed E-state index contributed by atoms with van der Waals surface area (Å²) in [6.07, 6.45) is 7.17. The predicted octanol–water partition coefficient (Wildman–Crippen LogP) is 2.85. The molecule has 1 saturated heterocycles. The number of hydrazine groups is 1. The molecule has 18 heavy (non-hydrogen) atoms. The van der Waals surface area contributed by atoms with Gasteiger partial charge in [0.25, 0.3) is 0 Å². The molecule has 5 heteroatoms. The van der Waals surface area contributed by atoms with Crippen LogP contribution in [0, 0.1) is 3.57 Å². The second kappa shape index (κ2) is 6.68. The number of hydrogen-bond acceptors (Lipinski definition) is 4. The zero-order chi connectivity index (χ0) is 13.0. The fraction of sp³-hybridized carbons (Fsp3) is 0.615. The van der Waals surface area contributed by atoms with E-state index in [1.54, 1.807) is 5.01 Å². The SMILES string of the molecule is CCCc1c(I)ccnc1N(N)C1CCCCO1. The number of hydrogen-bond donors (Lipinski definition) is 1. The van der Waals surface area contributed by atoms with E-state index in [0.717, 1.165) is 38.1 Å². The Morgan fingerprint density at radius 1 is 1.56 bits per heavy atom. The number of anilines is 1. The van der Waals surface area contributed by atoms with Gasteiger partial charge in [0.05, 0.1) is 0 Å². The van der Waals surface area contributed by atoms with Crippen LogP contribution in [0.4, 0.5) is 5.82 Å².